The van der Waals surface area contributed by atoms with Crippen LogP contribution in [0.25, 0.3) is 0 Å². The third-order valence-electron chi connectivity index (χ3n) is 3.82. The zero-order valence-electron chi connectivity index (χ0n) is 11.0. The van der Waals surface area contributed by atoms with Crippen LogP contribution < -0.4 is 5.32 Å². The van der Waals surface area contributed by atoms with Gasteiger partial charge in [-0.2, -0.15) is 0 Å². The summed E-state index contributed by atoms with van der Waals surface area (Å²) in [6, 6.07) is 4.40. The molecule has 1 aromatic carbocycles. The van der Waals surface area contributed by atoms with E-state index in [2.05, 4.69) is 5.32 Å². The van der Waals surface area contributed by atoms with E-state index in [1.54, 1.807) is 32.9 Å². The van der Waals surface area contributed by atoms with Gasteiger partial charge in [0, 0.05) is 5.69 Å². The van der Waals surface area contributed by atoms with E-state index in [1.807, 2.05) is 0 Å². The topological polar surface area (TPSA) is 66.4 Å². The molecular formula is C14H16FNO3. The molecule has 2 N–H and O–H groups in total. The maximum absolute atomic E-state index is 13.4. The molecule has 0 aliphatic heterocycles. The molecule has 1 amide bonds. The number of carboxylic acid groups (broad SMARTS) is 1. The number of carbonyl (C=O) groups is 2. The number of hydrogen-bond donors (Lipinski definition) is 2. The van der Waals surface area contributed by atoms with Crippen LogP contribution in [0.3, 0.4) is 0 Å². The summed E-state index contributed by atoms with van der Waals surface area (Å²) in [7, 11) is 0. The molecule has 1 aliphatic rings. The normalized spacial score (nSPS) is 23.8. The Morgan fingerprint density at radius 2 is 1.95 bits per heavy atom. The van der Waals surface area contributed by atoms with Crippen molar-refractivity contribution < 1.29 is 19.1 Å². The van der Waals surface area contributed by atoms with Gasteiger partial charge in [-0.05, 0) is 30.0 Å². The number of amides is 1. The number of aryl methyl sites for hydroxylation is 1. The lowest BCUT2D eigenvalue weighted by Crippen LogP contribution is -2.17. The molecule has 5 heteroatoms. The van der Waals surface area contributed by atoms with Crippen LogP contribution >= 0.6 is 0 Å². The van der Waals surface area contributed by atoms with Crippen molar-refractivity contribution in [2.45, 2.75) is 20.8 Å². The van der Waals surface area contributed by atoms with Gasteiger partial charge in [0.1, 0.15) is 5.82 Å². The van der Waals surface area contributed by atoms with Crippen LogP contribution in [0.1, 0.15) is 19.4 Å². The summed E-state index contributed by atoms with van der Waals surface area (Å²) in [6.45, 7) is 5.11. The Kier molecular flexibility index (Phi) is 3.08. The Morgan fingerprint density at radius 3 is 2.42 bits per heavy atom. The van der Waals surface area contributed by atoms with Crippen LogP contribution in [-0.4, -0.2) is 17.0 Å². The van der Waals surface area contributed by atoms with Gasteiger partial charge in [-0.15, -0.1) is 0 Å². The van der Waals surface area contributed by atoms with Crippen molar-refractivity contribution in [2.24, 2.45) is 17.3 Å². The quantitative estimate of drug-likeness (QED) is 0.882. The first-order valence-electron chi connectivity index (χ1n) is 6.05. The second-order valence-corrected chi connectivity index (χ2v) is 5.57. The summed E-state index contributed by atoms with van der Waals surface area (Å²) in [4.78, 5) is 23.0. The lowest BCUT2D eigenvalue weighted by atomic mass is 10.1. The Morgan fingerprint density at radius 1 is 1.32 bits per heavy atom. The molecule has 0 unspecified atom stereocenters. The van der Waals surface area contributed by atoms with Crippen molar-refractivity contribution in [3.63, 3.8) is 0 Å². The van der Waals surface area contributed by atoms with E-state index in [9.17, 15) is 14.0 Å². The largest absolute Gasteiger partial charge is 0.481 e. The van der Waals surface area contributed by atoms with Gasteiger partial charge in [0.2, 0.25) is 5.91 Å². The molecule has 19 heavy (non-hydrogen) atoms. The fraction of sp³-hybridized carbons (Fsp3) is 0.429. The summed E-state index contributed by atoms with van der Waals surface area (Å²) >= 11 is 0. The summed E-state index contributed by atoms with van der Waals surface area (Å²) in [6.07, 6.45) is 0. The highest BCUT2D eigenvalue weighted by atomic mass is 19.1. The standard InChI is InChI=1S/C14H16FNO3/c1-7-4-5-8(6-9(7)15)16-12(17)10-11(13(18)19)14(10,2)3/h4-6,10-11H,1-3H3,(H,16,17)(H,18,19)/t10-,11+/m0/s1. The van der Waals surface area contributed by atoms with Crippen LogP contribution in [-0.2, 0) is 9.59 Å². The van der Waals surface area contributed by atoms with Gasteiger partial charge in [0.25, 0.3) is 0 Å². The van der Waals surface area contributed by atoms with Gasteiger partial charge in [0.05, 0.1) is 11.8 Å². The molecule has 1 aromatic rings. The van der Waals surface area contributed by atoms with Crippen molar-refractivity contribution in [3.05, 3.63) is 29.6 Å². The van der Waals surface area contributed by atoms with E-state index in [-0.39, 0.29) is 5.91 Å². The Hall–Kier alpha value is -1.91. The fourth-order valence-electron chi connectivity index (χ4n) is 2.48. The van der Waals surface area contributed by atoms with E-state index in [1.165, 1.54) is 6.07 Å². The van der Waals surface area contributed by atoms with E-state index >= 15 is 0 Å². The molecule has 0 bridgehead atoms. The van der Waals surface area contributed by atoms with Gasteiger partial charge in [0.15, 0.2) is 0 Å². The second-order valence-electron chi connectivity index (χ2n) is 5.57. The van der Waals surface area contributed by atoms with Crippen molar-refractivity contribution in [1.82, 2.24) is 0 Å². The predicted octanol–water partition coefficient (Wildman–Crippen LogP) is 2.43. The van der Waals surface area contributed by atoms with Crippen molar-refractivity contribution >= 4 is 17.6 Å². The van der Waals surface area contributed by atoms with Crippen LogP contribution in [0.4, 0.5) is 10.1 Å². The smallest absolute Gasteiger partial charge is 0.307 e. The molecule has 1 fully saturated rings. The maximum atomic E-state index is 13.4. The third-order valence-corrected chi connectivity index (χ3v) is 3.82. The van der Waals surface area contributed by atoms with Gasteiger partial charge in [-0.1, -0.05) is 19.9 Å². The summed E-state index contributed by atoms with van der Waals surface area (Å²) in [5.74, 6) is -3.00. The predicted molar refractivity (Wildman–Crippen MR) is 68.2 cm³/mol. The Balaban J connectivity index is 2.10. The molecule has 0 radical (unpaired) electrons. The molecule has 4 nitrogen and oxygen atoms in total. The number of carbonyl (C=O) groups excluding carboxylic acids is 1. The number of halogens is 1. The first kappa shape index (κ1) is 13.5. The molecule has 0 heterocycles. The molecule has 0 saturated heterocycles. The molecule has 2 atom stereocenters. The Bertz CT molecular complexity index is 554. The van der Waals surface area contributed by atoms with Crippen LogP contribution in [0, 0.1) is 30.0 Å². The van der Waals surface area contributed by atoms with Gasteiger partial charge < -0.3 is 10.4 Å². The van der Waals surface area contributed by atoms with Gasteiger partial charge in [-0.3, -0.25) is 9.59 Å². The van der Waals surface area contributed by atoms with E-state index in [4.69, 9.17) is 5.11 Å². The van der Waals surface area contributed by atoms with Crippen LogP contribution in [0.15, 0.2) is 18.2 Å². The van der Waals surface area contributed by atoms with Crippen molar-refractivity contribution in [2.75, 3.05) is 5.32 Å². The number of nitrogens with one attached hydrogen (secondary N) is 1. The van der Waals surface area contributed by atoms with E-state index in [0.717, 1.165) is 0 Å². The average Bonchev–Trinajstić information content (AvgIpc) is 2.87. The zero-order chi connectivity index (χ0) is 14.4. The van der Waals surface area contributed by atoms with Gasteiger partial charge >= 0.3 is 5.97 Å². The average molecular weight is 265 g/mol. The highest BCUT2D eigenvalue weighted by Crippen LogP contribution is 2.58. The minimum atomic E-state index is -0.972. The molecule has 0 spiro atoms. The second kappa shape index (κ2) is 4.33. The SMILES string of the molecule is Cc1ccc(NC(=O)[C@@H]2[C@H](C(=O)O)C2(C)C)cc1F. The number of benzene rings is 1. The summed E-state index contributed by atoms with van der Waals surface area (Å²) in [5.41, 5.74) is 0.284. The first-order valence-corrected chi connectivity index (χ1v) is 6.05. The van der Waals surface area contributed by atoms with Gasteiger partial charge in [-0.25, -0.2) is 4.39 Å². The van der Waals surface area contributed by atoms with E-state index in [0.29, 0.717) is 11.3 Å². The number of carboxylic acids is 1. The monoisotopic (exact) mass is 265 g/mol. The molecule has 0 aromatic heterocycles. The first-order chi connectivity index (χ1) is 8.75. The zero-order valence-corrected chi connectivity index (χ0v) is 11.0. The highest BCUT2D eigenvalue weighted by molar-refractivity contribution is 5.99. The lowest BCUT2D eigenvalue weighted by Gasteiger charge is -2.07. The molecule has 1 saturated carbocycles. The maximum Gasteiger partial charge on any atom is 0.307 e. The van der Waals surface area contributed by atoms with Crippen molar-refractivity contribution in [3.8, 4) is 0 Å². The number of hydrogen-bond acceptors (Lipinski definition) is 2. The molecule has 102 valence electrons. The summed E-state index contributed by atoms with van der Waals surface area (Å²) in [5, 5.41) is 11.6. The summed E-state index contributed by atoms with van der Waals surface area (Å²) < 4.78 is 13.4. The Labute approximate surface area is 110 Å². The molecule has 1 aliphatic carbocycles. The number of aliphatic carboxylic acids is 1. The molecule has 2 rings (SSSR count). The fourth-order valence-corrected chi connectivity index (χ4v) is 2.48. The minimum Gasteiger partial charge on any atom is -0.481 e. The molecular weight excluding hydrogens is 249 g/mol. The minimum absolute atomic E-state index is 0.347. The number of anilines is 1. The van der Waals surface area contributed by atoms with Crippen molar-refractivity contribution in [1.29, 1.82) is 0 Å². The lowest BCUT2D eigenvalue weighted by molar-refractivity contribution is -0.140. The van der Waals surface area contributed by atoms with Crippen LogP contribution in [0.5, 0.6) is 0 Å². The van der Waals surface area contributed by atoms with Crippen LogP contribution in [0.2, 0.25) is 0 Å². The van der Waals surface area contributed by atoms with E-state index < -0.39 is 29.0 Å². The highest BCUT2D eigenvalue weighted by Gasteiger charge is 2.65. The number of rotatable bonds is 3. The third kappa shape index (κ3) is 2.32.